The molecule has 1 atom stereocenters. The summed E-state index contributed by atoms with van der Waals surface area (Å²) in [5, 5.41) is 3.33. The van der Waals surface area contributed by atoms with Crippen LogP contribution in [0.15, 0.2) is 24.3 Å². The molecule has 1 fully saturated rings. The van der Waals surface area contributed by atoms with Crippen LogP contribution >= 0.6 is 24.8 Å². The Morgan fingerprint density at radius 1 is 1.04 bits per heavy atom. The lowest BCUT2D eigenvalue weighted by molar-refractivity contribution is -0.137. The summed E-state index contributed by atoms with van der Waals surface area (Å²) in [5.74, 6) is 0. The predicted octanol–water partition coefficient (Wildman–Crippen LogP) is 5.08. The van der Waals surface area contributed by atoms with Crippen LogP contribution in [0, 0.1) is 0 Å². The van der Waals surface area contributed by atoms with Gasteiger partial charge >= 0.3 is 6.18 Å². The summed E-state index contributed by atoms with van der Waals surface area (Å²) in [6, 6.07) is 5.97. The van der Waals surface area contributed by atoms with Crippen LogP contribution in [0.3, 0.4) is 0 Å². The van der Waals surface area contributed by atoms with Crippen molar-refractivity contribution in [2.24, 2.45) is 0 Å². The van der Waals surface area contributed by atoms with Crippen molar-refractivity contribution in [3.63, 3.8) is 0 Å². The van der Waals surface area contributed by atoms with Crippen molar-refractivity contribution in [1.29, 1.82) is 0 Å². The van der Waals surface area contributed by atoms with Gasteiger partial charge in [-0.25, -0.2) is 0 Å². The zero-order valence-electron chi connectivity index (χ0n) is 13.9. The van der Waals surface area contributed by atoms with E-state index in [9.17, 15) is 13.2 Å². The van der Waals surface area contributed by atoms with Crippen molar-refractivity contribution in [2.75, 3.05) is 26.2 Å². The second-order valence-corrected chi connectivity index (χ2v) is 5.92. The molecule has 1 N–H and O–H groups in total. The average molecular weight is 387 g/mol. The largest absolute Gasteiger partial charge is 0.416 e. The number of nitrogens with zero attached hydrogens (tertiary/aromatic N) is 1. The average Bonchev–Trinajstić information content (AvgIpc) is 2.52. The molecule has 7 heteroatoms. The van der Waals surface area contributed by atoms with Crippen molar-refractivity contribution in [3.05, 3.63) is 35.4 Å². The molecule has 1 heterocycles. The van der Waals surface area contributed by atoms with Crippen LogP contribution in [-0.2, 0) is 6.18 Å². The van der Waals surface area contributed by atoms with E-state index in [1.807, 2.05) is 0 Å². The molecule has 1 aliphatic heterocycles. The number of halogens is 5. The molecule has 0 radical (unpaired) electrons. The van der Waals surface area contributed by atoms with Crippen LogP contribution in [0.2, 0.25) is 0 Å². The summed E-state index contributed by atoms with van der Waals surface area (Å²) in [6.45, 7) is 5.98. The molecular weight excluding hydrogens is 360 g/mol. The van der Waals surface area contributed by atoms with Crippen molar-refractivity contribution in [3.8, 4) is 0 Å². The molecule has 0 saturated carbocycles. The monoisotopic (exact) mass is 386 g/mol. The fraction of sp³-hybridized carbons (Fsp3) is 0.647. The van der Waals surface area contributed by atoms with Gasteiger partial charge in [-0.3, -0.25) is 4.90 Å². The fourth-order valence-corrected chi connectivity index (χ4v) is 3.04. The minimum atomic E-state index is -4.26. The summed E-state index contributed by atoms with van der Waals surface area (Å²) in [7, 11) is 0. The quantitative estimate of drug-likeness (QED) is 0.686. The third-order valence-corrected chi connectivity index (χ3v) is 4.30. The van der Waals surface area contributed by atoms with Crippen LogP contribution in [0.4, 0.5) is 13.2 Å². The lowest BCUT2D eigenvalue weighted by Crippen LogP contribution is -2.45. The molecule has 1 aromatic rings. The smallest absolute Gasteiger partial charge is 0.314 e. The lowest BCUT2D eigenvalue weighted by atomic mass is 9.97. The van der Waals surface area contributed by atoms with Gasteiger partial charge in [0.05, 0.1) is 5.56 Å². The molecule has 0 amide bonds. The number of piperazine rings is 1. The Labute approximate surface area is 155 Å². The van der Waals surface area contributed by atoms with Crippen molar-refractivity contribution >= 4 is 24.8 Å². The van der Waals surface area contributed by atoms with E-state index in [4.69, 9.17) is 0 Å². The Hall–Kier alpha value is -0.490. The SMILES string of the molecule is CCCCC[C@@H](c1ccc(C(F)(F)F)cc1)N1CCNCC1.Cl.Cl. The molecule has 1 aliphatic rings. The normalized spacial score (nSPS) is 16.8. The fourth-order valence-electron chi connectivity index (χ4n) is 3.04. The zero-order chi connectivity index (χ0) is 16.0. The third kappa shape index (κ3) is 6.79. The van der Waals surface area contributed by atoms with Crippen LogP contribution in [0.25, 0.3) is 0 Å². The Balaban J connectivity index is 0.00000264. The highest BCUT2D eigenvalue weighted by molar-refractivity contribution is 5.85. The van der Waals surface area contributed by atoms with E-state index in [0.29, 0.717) is 0 Å². The van der Waals surface area contributed by atoms with Gasteiger partial charge in [0.15, 0.2) is 0 Å². The predicted molar refractivity (Wildman–Crippen MR) is 97.3 cm³/mol. The number of hydrogen-bond acceptors (Lipinski definition) is 2. The highest BCUT2D eigenvalue weighted by Gasteiger charge is 2.30. The molecule has 1 saturated heterocycles. The number of hydrogen-bond donors (Lipinski definition) is 1. The maximum Gasteiger partial charge on any atom is 0.416 e. The topological polar surface area (TPSA) is 15.3 Å². The van der Waals surface area contributed by atoms with E-state index in [-0.39, 0.29) is 30.9 Å². The molecule has 24 heavy (non-hydrogen) atoms. The maximum absolute atomic E-state index is 12.7. The summed E-state index contributed by atoms with van der Waals surface area (Å²) in [5.41, 5.74) is 0.440. The van der Waals surface area contributed by atoms with E-state index in [1.54, 1.807) is 12.1 Å². The Morgan fingerprint density at radius 3 is 2.12 bits per heavy atom. The molecule has 0 aliphatic carbocycles. The highest BCUT2D eigenvalue weighted by Crippen LogP contribution is 2.32. The number of rotatable bonds is 6. The molecule has 0 bridgehead atoms. The van der Waals surface area contributed by atoms with Crippen molar-refractivity contribution < 1.29 is 13.2 Å². The first-order valence-corrected chi connectivity index (χ1v) is 8.14. The first kappa shape index (κ1) is 23.5. The van der Waals surface area contributed by atoms with E-state index < -0.39 is 11.7 Å². The standard InChI is InChI=1S/C17H25F3N2.2ClH/c1-2-3-4-5-16(22-12-10-21-11-13-22)14-6-8-15(9-7-14)17(18,19)20;;/h6-9,16,21H,2-5,10-13H2,1H3;2*1H/t16-;;/m0../s1. The molecule has 0 spiro atoms. The number of unbranched alkanes of at least 4 members (excludes halogenated alkanes) is 2. The maximum atomic E-state index is 12.7. The Bertz CT molecular complexity index is 446. The highest BCUT2D eigenvalue weighted by atomic mass is 35.5. The van der Waals surface area contributed by atoms with E-state index in [0.717, 1.165) is 51.0 Å². The van der Waals surface area contributed by atoms with Crippen LogP contribution in [0.1, 0.15) is 49.8 Å². The van der Waals surface area contributed by atoms with Gasteiger partial charge in [-0.1, -0.05) is 38.3 Å². The van der Waals surface area contributed by atoms with Crippen LogP contribution in [-0.4, -0.2) is 31.1 Å². The molecule has 2 rings (SSSR count). The lowest BCUT2D eigenvalue weighted by Gasteiger charge is -2.35. The van der Waals surface area contributed by atoms with Gasteiger partial charge in [-0.05, 0) is 24.1 Å². The van der Waals surface area contributed by atoms with Gasteiger partial charge in [0.1, 0.15) is 0 Å². The van der Waals surface area contributed by atoms with E-state index in [2.05, 4.69) is 17.1 Å². The molecule has 140 valence electrons. The molecule has 0 unspecified atom stereocenters. The second kappa shape index (κ2) is 11.2. The summed E-state index contributed by atoms with van der Waals surface area (Å²) >= 11 is 0. The third-order valence-electron chi connectivity index (χ3n) is 4.30. The van der Waals surface area contributed by atoms with Gasteiger partial charge in [0.25, 0.3) is 0 Å². The first-order chi connectivity index (χ1) is 10.5. The second-order valence-electron chi connectivity index (χ2n) is 5.92. The van der Waals surface area contributed by atoms with Gasteiger partial charge < -0.3 is 5.32 Å². The van der Waals surface area contributed by atoms with Gasteiger partial charge in [0.2, 0.25) is 0 Å². The summed E-state index contributed by atoms with van der Waals surface area (Å²) in [6.07, 6.45) is 0.196. The number of nitrogens with one attached hydrogen (secondary N) is 1. The Morgan fingerprint density at radius 2 is 1.62 bits per heavy atom. The summed E-state index contributed by atoms with van der Waals surface area (Å²) < 4.78 is 38.1. The minimum Gasteiger partial charge on any atom is -0.314 e. The zero-order valence-corrected chi connectivity index (χ0v) is 15.6. The Kier molecular flexibility index (Phi) is 11.0. The van der Waals surface area contributed by atoms with E-state index in [1.165, 1.54) is 18.6 Å². The number of alkyl halides is 3. The molecular formula is C17H27Cl2F3N2. The van der Waals surface area contributed by atoms with Gasteiger partial charge in [-0.2, -0.15) is 13.2 Å². The molecule has 2 nitrogen and oxygen atoms in total. The number of benzene rings is 1. The molecule has 1 aromatic carbocycles. The van der Waals surface area contributed by atoms with Crippen molar-refractivity contribution in [1.82, 2.24) is 10.2 Å². The van der Waals surface area contributed by atoms with Crippen molar-refractivity contribution in [2.45, 2.75) is 44.8 Å². The van der Waals surface area contributed by atoms with Gasteiger partial charge in [0, 0.05) is 32.2 Å². The first-order valence-electron chi connectivity index (χ1n) is 8.14. The van der Waals surface area contributed by atoms with Crippen LogP contribution < -0.4 is 5.32 Å². The molecule has 0 aromatic heterocycles. The van der Waals surface area contributed by atoms with Gasteiger partial charge in [-0.15, -0.1) is 24.8 Å². The minimum absolute atomic E-state index is 0. The summed E-state index contributed by atoms with van der Waals surface area (Å²) in [4.78, 5) is 2.40. The van der Waals surface area contributed by atoms with Crippen LogP contribution in [0.5, 0.6) is 0 Å². The van der Waals surface area contributed by atoms with E-state index >= 15 is 0 Å².